The molecule has 1 saturated heterocycles. The highest BCUT2D eigenvalue weighted by Gasteiger charge is 2.19. The van der Waals surface area contributed by atoms with E-state index >= 15 is 0 Å². The van der Waals surface area contributed by atoms with Gasteiger partial charge in [-0.25, -0.2) is 23.7 Å². The van der Waals surface area contributed by atoms with Crippen LogP contribution in [0.4, 0.5) is 20.4 Å². The quantitative estimate of drug-likeness (QED) is 0.629. The summed E-state index contributed by atoms with van der Waals surface area (Å²) in [7, 11) is 0. The predicted octanol–water partition coefficient (Wildman–Crippen LogP) is 5.35. The zero-order chi connectivity index (χ0) is 20.5. The summed E-state index contributed by atoms with van der Waals surface area (Å²) in [5, 5.41) is 4.32. The van der Waals surface area contributed by atoms with E-state index in [1.54, 1.807) is 19.2 Å². The monoisotopic (exact) mass is 397 g/mol. The van der Waals surface area contributed by atoms with Gasteiger partial charge in [0.15, 0.2) is 0 Å². The lowest BCUT2D eigenvalue weighted by Crippen LogP contribution is -2.19. The summed E-state index contributed by atoms with van der Waals surface area (Å²) in [6, 6.07) is 6.88. The van der Waals surface area contributed by atoms with Gasteiger partial charge in [-0.05, 0) is 50.8 Å². The number of nitrogens with one attached hydrogen (secondary N) is 1. The van der Waals surface area contributed by atoms with Crippen LogP contribution in [0.2, 0.25) is 0 Å². The van der Waals surface area contributed by atoms with Crippen LogP contribution in [0, 0.1) is 13.8 Å². The van der Waals surface area contributed by atoms with E-state index in [2.05, 4.69) is 25.2 Å². The molecule has 29 heavy (non-hydrogen) atoms. The maximum absolute atomic E-state index is 13.3. The van der Waals surface area contributed by atoms with Crippen molar-refractivity contribution < 1.29 is 8.78 Å². The Labute approximate surface area is 169 Å². The number of halogens is 2. The van der Waals surface area contributed by atoms with Crippen molar-refractivity contribution in [1.82, 2.24) is 15.0 Å². The van der Waals surface area contributed by atoms with Crippen molar-refractivity contribution in [2.24, 2.45) is 0 Å². The third kappa shape index (κ3) is 3.86. The number of rotatable bonds is 5. The molecule has 1 aliphatic heterocycles. The van der Waals surface area contributed by atoms with Crippen molar-refractivity contribution >= 4 is 22.5 Å². The fourth-order valence-electron chi connectivity index (χ4n) is 4.03. The molecule has 2 aromatic heterocycles. The Morgan fingerprint density at radius 1 is 1.07 bits per heavy atom. The smallest absolute Gasteiger partial charge is 0.264 e. The first-order chi connectivity index (χ1) is 13.9. The minimum atomic E-state index is -2.49. The molecule has 0 bridgehead atoms. The Bertz CT molecular complexity index is 1030. The molecule has 0 spiro atoms. The van der Waals surface area contributed by atoms with Gasteiger partial charge in [0.05, 0.1) is 17.8 Å². The Morgan fingerprint density at radius 3 is 2.52 bits per heavy atom. The largest absolute Gasteiger partial charge is 0.363 e. The minimum Gasteiger partial charge on any atom is -0.363 e. The Hall–Kier alpha value is -2.83. The molecule has 1 aromatic carbocycles. The number of pyridine rings is 1. The van der Waals surface area contributed by atoms with Gasteiger partial charge in [0.1, 0.15) is 17.5 Å². The number of aryl methyl sites for hydroxylation is 1. The Kier molecular flexibility index (Phi) is 5.30. The van der Waals surface area contributed by atoms with Crippen molar-refractivity contribution in [2.75, 3.05) is 23.3 Å². The van der Waals surface area contributed by atoms with Crippen LogP contribution in [-0.4, -0.2) is 28.0 Å². The van der Waals surface area contributed by atoms with Crippen LogP contribution >= 0.6 is 0 Å². The molecular formula is C22H25F2N5. The molecule has 4 rings (SSSR count). The van der Waals surface area contributed by atoms with E-state index in [1.807, 2.05) is 26.0 Å². The first-order valence-corrected chi connectivity index (χ1v) is 9.97. The minimum absolute atomic E-state index is 0.0698. The second-order valence-corrected chi connectivity index (χ2v) is 7.60. The van der Waals surface area contributed by atoms with E-state index in [0.29, 0.717) is 17.2 Å². The van der Waals surface area contributed by atoms with Crippen molar-refractivity contribution in [2.45, 2.75) is 46.1 Å². The third-order valence-electron chi connectivity index (χ3n) is 5.58. The number of hydrogen-bond donors (Lipinski definition) is 1. The van der Waals surface area contributed by atoms with Gasteiger partial charge in [0, 0.05) is 24.0 Å². The van der Waals surface area contributed by atoms with Crippen molar-refractivity contribution in [3.63, 3.8) is 0 Å². The average molecular weight is 397 g/mol. The molecule has 0 radical (unpaired) electrons. The van der Waals surface area contributed by atoms with Crippen molar-refractivity contribution in [3.8, 4) is 0 Å². The summed E-state index contributed by atoms with van der Waals surface area (Å²) in [6.07, 6.45) is 1.65. The van der Waals surface area contributed by atoms with Crippen molar-refractivity contribution in [3.05, 3.63) is 53.0 Å². The van der Waals surface area contributed by atoms with Crippen LogP contribution < -0.4 is 10.2 Å². The molecule has 152 valence electrons. The molecule has 1 atom stereocenters. The number of benzene rings is 1. The summed E-state index contributed by atoms with van der Waals surface area (Å²) in [5.74, 6) is 2.26. The highest BCUT2D eigenvalue weighted by atomic mass is 19.3. The van der Waals surface area contributed by atoms with Crippen LogP contribution in [0.25, 0.3) is 10.9 Å². The number of hydrogen-bond acceptors (Lipinski definition) is 5. The van der Waals surface area contributed by atoms with Crippen LogP contribution in [0.1, 0.15) is 54.7 Å². The van der Waals surface area contributed by atoms with Crippen LogP contribution in [0.5, 0.6) is 0 Å². The number of nitrogens with zero attached hydrogens (tertiary/aromatic N) is 4. The molecule has 1 aliphatic rings. The number of aromatic nitrogens is 3. The van der Waals surface area contributed by atoms with E-state index in [0.717, 1.165) is 35.4 Å². The van der Waals surface area contributed by atoms with Gasteiger partial charge >= 0.3 is 0 Å². The number of alkyl halides is 2. The molecule has 0 amide bonds. The molecular weight excluding hydrogens is 372 g/mol. The van der Waals surface area contributed by atoms with Gasteiger partial charge in [-0.15, -0.1) is 0 Å². The number of anilines is 2. The van der Waals surface area contributed by atoms with Crippen LogP contribution in [0.3, 0.4) is 0 Å². The third-order valence-corrected chi connectivity index (χ3v) is 5.58. The predicted molar refractivity (Wildman–Crippen MR) is 112 cm³/mol. The van der Waals surface area contributed by atoms with Gasteiger partial charge < -0.3 is 10.2 Å². The van der Waals surface area contributed by atoms with Gasteiger partial charge in [0.25, 0.3) is 6.43 Å². The first kappa shape index (κ1) is 19.5. The number of fused-ring (bicyclic) bond motifs is 1. The Balaban J connectivity index is 1.71. The zero-order valence-corrected chi connectivity index (χ0v) is 16.9. The average Bonchev–Trinajstić information content (AvgIpc) is 3.22. The zero-order valence-electron chi connectivity index (χ0n) is 16.9. The van der Waals surface area contributed by atoms with Crippen molar-refractivity contribution in [1.29, 1.82) is 0 Å². The maximum atomic E-state index is 13.3. The fourth-order valence-corrected chi connectivity index (χ4v) is 4.03. The molecule has 5 nitrogen and oxygen atoms in total. The summed E-state index contributed by atoms with van der Waals surface area (Å²) in [4.78, 5) is 16.0. The normalized spacial score (nSPS) is 15.3. The molecule has 3 heterocycles. The molecule has 0 aliphatic carbocycles. The van der Waals surface area contributed by atoms with E-state index in [9.17, 15) is 8.78 Å². The van der Waals surface area contributed by atoms with Gasteiger partial charge in [-0.3, -0.25) is 0 Å². The van der Waals surface area contributed by atoms with E-state index < -0.39 is 6.43 Å². The van der Waals surface area contributed by atoms with Gasteiger partial charge in [0.2, 0.25) is 0 Å². The van der Waals surface area contributed by atoms with Gasteiger partial charge in [-0.2, -0.15) is 0 Å². The lowest BCUT2D eigenvalue weighted by atomic mass is 9.97. The lowest BCUT2D eigenvalue weighted by molar-refractivity contribution is 0.150. The summed E-state index contributed by atoms with van der Waals surface area (Å²) in [5.41, 5.74) is 2.28. The fraction of sp³-hybridized carbons (Fsp3) is 0.409. The first-order valence-electron chi connectivity index (χ1n) is 9.97. The molecule has 3 aromatic rings. The molecule has 1 N–H and O–H groups in total. The van der Waals surface area contributed by atoms with Crippen LogP contribution in [-0.2, 0) is 0 Å². The maximum Gasteiger partial charge on any atom is 0.264 e. The molecule has 7 heteroatoms. The van der Waals surface area contributed by atoms with E-state index in [-0.39, 0.29) is 11.6 Å². The summed E-state index contributed by atoms with van der Waals surface area (Å²) < 4.78 is 26.6. The standard InChI is InChI=1S/C22H25F2N5/c1-13-16(7-6-8-17(13)21(23)24)14(2)26-22-18-11-20(29-9-4-5-10-29)25-12-19(18)27-15(3)28-22/h6-8,11-12,14,21H,4-5,9-10H2,1-3H3,(H,26,27,28)/t14-/m1/s1. The lowest BCUT2D eigenvalue weighted by Gasteiger charge is -2.21. The summed E-state index contributed by atoms with van der Waals surface area (Å²) >= 11 is 0. The van der Waals surface area contributed by atoms with E-state index in [4.69, 9.17) is 0 Å². The summed E-state index contributed by atoms with van der Waals surface area (Å²) in [6.45, 7) is 7.55. The van der Waals surface area contributed by atoms with E-state index in [1.165, 1.54) is 18.9 Å². The van der Waals surface area contributed by atoms with Gasteiger partial charge in [-0.1, -0.05) is 18.2 Å². The SMILES string of the molecule is Cc1nc(N[C@H](C)c2cccc(C(F)F)c2C)c2cc(N3CCCC3)ncc2n1. The topological polar surface area (TPSA) is 53.9 Å². The second-order valence-electron chi connectivity index (χ2n) is 7.60. The highest BCUT2D eigenvalue weighted by Crippen LogP contribution is 2.32. The molecule has 0 unspecified atom stereocenters. The van der Waals surface area contributed by atoms with Crippen LogP contribution in [0.15, 0.2) is 30.5 Å². The highest BCUT2D eigenvalue weighted by molar-refractivity contribution is 5.90. The Morgan fingerprint density at radius 2 is 1.79 bits per heavy atom. The molecule has 0 saturated carbocycles. The molecule has 1 fully saturated rings. The second kappa shape index (κ2) is 7.89.